The molecule has 172 valence electrons. The van der Waals surface area contributed by atoms with Crippen molar-refractivity contribution in [3.05, 3.63) is 65.2 Å². The van der Waals surface area contributed by atoms with Gasteiger partial charge in [-0.1, -0.05) is 62.1 Å². The van der Waals surface area contributed by atoms with Crippen LogP contribution in [0.5, 0.6) is 0 Å². The van der Waals surface area contributed by atoms with Crippen molar-refractivity contribution in [3.63, 3.8) is 0 Å². The minimum Gasteiger partial charge on any atom is -0.351 e. The summed E-state index contributed by atoms with van der Waals surface area (Å²) in [5, 5.41) is 10.0. The number of nitrogens with one attached hydrogen (secondary N) is 1. The number of benzene rings is 1. The van der Waals surface area contributed by atoms with Crippen molar-refractivity contribution in [3.8, 4) is 10.6 Å². The molecule has 1 aliphatic heterocycles. The topological polar surface area (TPSA) is 67.2 Å². The van der Waals surface area contributed by atoms with Crippen LogP contribution in [0.2, 0.25) is 0 Å². The predicted molar refractivity (Wildman–Crippen MR) is 130 cm³/mol. The minimum atomic E-state index is -1.02. The lowest BCUT2D eigenvalue weighted by atomic mass is 9.93. The summed E-state index contributed by atoms with van der Waals surface area (Å²) in [7, 11) is 0. The fraction of sp³-hybridized carbons (Fsp3) is 0.423. The molecule has 3 heterocycles. The minimum absolute atomic E-state index is 0.0856. The molecule has 1 aromatic carbocycles. The SMILES string of the molecule is C[C@@]1(C(=O)NC2CCCCCC2)Cn2nc(-c3cccs3)cc2C(=O)N1Cc1ccccc1. The van der Waals surface area contributed by atoms with Crippen molar-refractivity contribution in [2.75, 3.05) is 0 Å². The lowest BCUT2D eigenvalue weighted by Gasteiger charge is -2.44. The molecule has 0 spiro atoms. The summed E-state index contributed by atoms with van der Waals surface area (Å²) in [6.45, 7) is 2.61. The van der Waals surface area contributed by atoms with Gasteiger partial charge in [-0.2, -0.15) is 5.10 Å². The first-order chi connectivity index (χ1) is 16.0. The number of hydrogen-bond acceptors (Lipinski definition) is 4. The Morgan fingerprint density at radius 2 is 1.88 bits per heavy atom. The number of hydrogen-bond donors (Lipinski definition) is 1. The number of carbonyl (C=O) groups is 2. The van der Waals surface area contributed by atoms with Crippen LogP contribution in [0.1, 0.15) is 61.5 Å². The van der Waals surface area contributed by atoms with E-state index in [9.17, 15) is 9.59 Å². The molecule has 1 atom stereocenters. The molecule has 0 saturated heterocycles. The summed E-state index contributed by atoms with van der Waals surface area (Å²) in [6, 6.07) is 15.9. The van der Waals surface area contributed by atoms with E-state index in [1.165, 1.54) is 12.8 Å². The van der Waals surface area contributed by atoms with Gasteiger partial charge in [-0.15, -0.1) is 11.3 Å². The second-order valence-electron chi connectivity index (χ2n) is 9.36. The third-order valence-electron chi connectivity index (χ3n) is 6.93. The Morgan fingerprint density at radius 3 is 2.58 bits per heavy atom. The van der Waals surface area contributed by atoms with E-state index in [1.807, 2.05) is 60.8 Å². The van der Waals surface area contributed by atoms with E-state index in [0.29, 0.717) is 18.8 Å². The maximum atomic E-state index is 13.8. The molecule has 33 heavy (non-hydrogen) atoms. The Morgan fingerprint density at radius 1 is 1.12 bits per heavy atom. The fourth-order valence-electron chi connectivity index (χ4n) is 4.96. The number of fused-ring (bicyclic) bond motifs is 1. The highest BCUT2D eigenvalue weighted by Gasteiger charge is 2.48. The average Bonchev–Trinajstić information content (AvgIpc) is 3.43. The molecular formula is C26H30N4O2S. The first-order valence-electron chi connectivity index (χ1n) is 11.8. The van der Waals surface area contributed by atoms with Gasteiger partial charge in [0.25, 0.3) is 5.91 Å². The summed E-state index contributed by atoms with van der Waals surface area (Å²) in [5.74, 6) is -0.239. The van der Waals surface area contributed by atoms with Gasteiger partial charge in [0, 0.05) is 12.6 Å². The first-order valence-corrected chi connectivity index (χ1v) is 12.7. The maximum absolute atomic E-state index is 13.8. The number of rotatable bonds is 5. The van der Waals surface area contributed by atoms with Crippen LogP contribution in [0.25, 0.3) is 10.6 Å². The lowest BCUT2D eigenvalue weighted by Crippen LogP contribution is -2.64. The van der Waals surface area contributed by atoms with Crippen molar-refractivity contribution in [2.45, 2.75) is 70.1 Å². The van der Waals surface area contributed by atoms with Crippen LogP contribution in [-0.4, -0.2) is 38.1 Å². The van der Waals surface area contributed by atoms with E-state index >= 15 is 0 Å². The quantitative estimate of drug-likeness (QED) is 0.551. The summed E-state index contributed by atoms with van der Waals surface area (Å²) in [6.07, 6.45) is 6.74. The number of aromatic nitrogens is 2. The van der Waals surface area contributed by atoms with E-state index in [0.717, 1.165) is 41.8 Å². The van der Waals surface area contributed by atoms with Gasteiger partial charge in [0.1, 0.15) is 16.9 Å². The molecule has 0 unspecified atom stereocenters. The van der Waals surface area contributed by atoms with Crippen LogP contribution >= 0.6 is 11.3 Å². The Balaban J connectivity index is 1.49. The normalized spacial score (nSPS) is 21.5. The van der Waals surface area contributed by atoms with Crippen LogP contribution in [0.4, 0.5) is 0 Å². The van der Waals surface area contributed by atoms with E-state index in [4.69, 9.17) is 5.10 Å². The summed E-state index contributed by atoms with van der Waals surface area (Å²) < 4.78 is 1.73. The van der Waals surface area contributed by atoms with Crippen LogP contribution < -0.4 is 5.32 Å². The van der Waals surface area contributed by atoms with E-state index in [-0.39, 0.29) is 17.9 Å². The third kappa shape index (κ3) is 4.34. The number of carbonyl (C=O) groups excluding carboxylic acids is 2. The van der Waals surface area contributed by atoms with Gasteiger partial charge in [-0.3, -0.25) is 14.3 Å². The van der Waals surface area contributed by atoms with Gasteiger partial charge >= 0.3 is 0 Å². The fourth-order valence-corrected chi connectivity index (χ4v) is 5.65. The molecule has 1 aliphatic carbocycles. The van der Waals surface area contributed by atoms with Crippen LogP contribution in [-0.2, 0) is 17.9 Å². The number of nitrogens with zero attached hydrogens (tertiary/aromatic N) is 3. The smallest absolute Gasteiger partial charge is 0.273 e. The average molecular weight is 463 g/mol. The van der Waals surface area contributed by atoms with Crippen molar-refractivity contribution >= 4 is 23.2 Å². The summed E-state index contributed by atoms with van der Waals surface area (Å²) in [5.41, 5.74) is 1.30. The van der Waals surface area contributed by atoms with Gasteiger partial charge in [0.05, 0.1) is 11.4 Å². The molecule has 3 aromatic rings. The second kappa shape index (κ2) is 9.14. The van der Waals surface area contributed by atoms with Crippen LogP contribution in [0, 0.1) is 0 Å². The van der Waals surface area contributed by atoms with E-state index in [1.54, 1.807) is 20.9 Å². The Bertz CT molecular complexity index is 1120. The van der Waals surface area contributed by atoms with Crippen LogP contribution in [0.3, 0.4) is 0 Å². The zero-order chi connectivity index (χ0) is 22.8. The lowest BCUT2D eigenvalue weighted by molar-refractivity contribution is -0.134. The monoisotopic (exact) mass is 462 g/mol. The van der Waals surface area contributed by atoms with Gasteiger partial charge < -0.3 is 10.2 Å². The van der Waals surface area contributed by atoms with Crippen molar-refractivity contribution < 1.29 is 9.59 Å². The molecule has 0 radical (unpaired) electrons. The highest BCUT2D eigenvalue weighted by Crippen LogP contribution is 2.33. The molecule has 7 heteroatoms. The van der Waals surface area contributed by atoms with Gasteiger partial charge in [0.15, 0.2) is 0 Å². The van der Waals surface area contributed by atoms with Gasteiger partial charge in [-0.25, -0.2) is 0 Å². The number of amides is 2. The molecule has 1 N–H and O–H groups in total. The Kier molecular flexibility index (Phi) is 6.06. The highest BCUT2D eigenvalue weighted by atomic mass is 32.1. The van der Waals surface area contributed by atoms with Gasteiger partial charge in [-0.05, 0) is 42.8 Å². The molecule has 5 rings (SSSR count). The zero-order valence-corrected chi connectivity index (χ0v) is 19.8. The second-order valence-corrected chi connectivity index (χ2v) is 10.3. The predicted octanol–water partition coefficient (Wildman–Crippen LogP) is 4.87. The molecule has 1 saturated carbocycles. The summed E-state index contributed by atoms with van der Waals surface area (Å²) in [4.78, 5) is 30.3. The Hall–Kier alpha value is -2.93. The first kappa shape index (κ1) is 21.9. The Labute approximate surface area is 198 Å². The van der Waals surface area contributed by atoms with Crippen molar-refractivity contribution in [2.24, 2.45) is 0 Å². The van der Waals surface area contributed by atoms with E-state index in [2.05, 4.69) is 5.32 Å². The molecule has 6 nitrogen and oxygen atoms in total. The molecule has 0 bridgehead atoms. The van der Waals surface area contributed by atoms with Crippen molar-refractivity contribution in [1.82, 2.24) is 20.0 Å². The van der Waals surface area contributed by atoms with E-state index < -0.39 is 5.54 Å². The molecule has 2 aromatic heterocycles. The molecular weight excluding hydrogens is 432 g/mol. The largest absolute Gasteiger partial charge is 0.351 e. The summed E-state index contributed by atoms with van der Waals surface area (Å²) >= 11 is 1.60. The zero-order valence-electron chi connectivity index (χ0n) is 19.0. The number of thiophene rings is 1. The van der Waals surface area contributed by atoms with Crippen LogP contribution in [0.15, 0.2) is 53.9 Å². The molecule has 2 amide bonds. The van der Waals surface area contributed by atoms with Crippen molar-refractivity contribution in [1.29, 1.82) is 0 Å². The molecule has 2 aliphatic rings. The highest BCUT2D eigenvalue weighted by molar-refractivity contribution is 7.13. The molecule has 1 fully saturated rings. The van der Waals surface area contributed by atoms with Gasteiger partial charge in [0.2, 0.25) is 5.91 Å². The third-order valence-corrected chi connectivity index (χ3v) is 7.83. The standard InChI is InChI=1S/C26H30N4O2S/c1-26(25(32)27-20-12-7-2-3-8-13-20)18-30-22(16-21(28-30)23-14-9-15-33-23)24(31)29(26)17-19-10-5-4-6-11-19/h4-6,9-11,14-16,20H,2-3,7-8,12-13,17-18H2,1H3,(H,27,32)/t26-/m0/s1. The maximum Gasteiger partial charge on any atom is 0.273 e.